The molecule has 0 aliphatic carbocycles. The van der Waals surface area contributed by atoms with E-state index in [0.29, 0.717) is 22.2 Å². The van der Waals surface area contributed by atoms with Crippen LogP contribution in [0.15, 0.2) is 41.1 Å². The van der Waals surface area contributed by atoms with Crippen LogP contribution in [0.4, 0.5) is 4.39 Å². The molecule has 0 fully saturated rings. The molecule has 0 spiro atoms. The predicted molar refractivity (Wildman–Crippen MR) is 80.2 cm³/mol. The van der Waals surface area contributed by atoms with Gasteiger partial charge in [-0.05, 0) is 40.2 Å². The predicted octanol–water partition coefficient (Wildman–Crippen LogP) is 3.70. The van der Waals surface area contributed by atoms with Crippen molar-refractivity contribution >= 4 is 32.7 Å². The van der Waals surface area contributed by atoms with E-state index in [2.05, 4.69) is 25.9 Å². The maximum atomic E-state index is 13.4. The number of rotatable bonds is 3. The fourth-order valence-electron chi connectivity index (χ4n) is 2.12. The van der Waals surface area contributed by atoms with Gasteiger partial charge in [-0.1, -0.05) is 0 Å². The standard InChI is InChI=1S/C15H10BrFN2O2/c1-21-13-4-8(2-3-12(13)17)14(20)11-7-19-15-10(11)5-9(16)6-18-15/h2-7H,1H3,(H,18,19). The van der Waals surface area contributed by atoms with Crippen LogP contribution in [0.1, 0.15) is 15.9 Å². The molecule has 1 aromatic carbocycles. The first-order valence-corrected chi connectivity index (χ1v) is 6.90. The largest absolute Gasteiger partial charge is 0.494 e. The van der Waals surface area contributed by atoms with Crippen molar-refractivity contribution in [2.75, 3.05) is 7.11 Å². The molecule has 3 rings (SSSR count). The minimum atomic E-state index is -0.502. The van der Waals surface area contributed by atoms with Gasteiger partial charge in [-0.2, -0.15) is 0 Å². The van der Waals surface area contributed by atoms with E-state index in [1.165, 1.54) is 25.3 Å². The quantitative estimate of drug-likeness (QED) is 0.734. The van der Waals surface area contributed by atoms with Gasteiger partial charge in [0.15, 0.2) is 17.3 Å². The lowest BCUT2D eigenvalue weighted by Gasteiger charge is -2.04. The maximum Gasteiger partial charge on any atom is 0.195 e. The summed E-state index contributed by atoms with van der Waals surface area (Å²) in [5, 5.41) is 0.706. The first kappa shape index (κ1) is 13.8. The number of pyridine rings is 1. The van der Waals surface area contributed by atoms with E-state index in [9.17, 15) is 9.18 Å². The van der Waals surface area contributed by atoms with E-state index in [4.69, 9.17) is 4.74 Å². The second-order valence-corrected chi connectivity index (χ2v) is 5.35. The smallest absolute Gasteiger partial charge is 0.195 e. The second kappa shape index (κ2) is 5.29. The van der Waals surface area contributed by atoms with E-state index in [1.807, 2.05) is 6.07 Å². The molecular weight excluding hydrogens is 339 g/mol. The van der Waals surface area contributed by atoms with Crippen molar-refractivity contribution in [3.8, 4) is 5.75 Å². The number of hydrogen-bond donors (Lipinski definition) is 1. The molecule has 0 saturated heterocycles. The van der Waals surface area contributed by atoms with Gasteiger partial charge in [0.1, 0.15) is 5.65 Å². The molecule has 106 valence electrons. The lowest BCUT2D eigenvalue weighted by molar-refractivity contribution is 0.104. The summed E-state index contributed by atoms with van der Waals surface area (Å²) in [7, 11) is 1.36. The zero-order valence-corrected chi connectivity index (χ0v) is 12.6. The van der Waals surface area contributed by atoms with Crippen LogP contribution in [-0.2, 0) is 0 Å². The summed E-state index contributed by atoms with van der Waals surface area (Å²) in [6, 6.07) is 5.86. The fraction of sp³-hybridized carbons (Fsp3) is 0.0667. The number of carbonyl (C=O) groups is 1. The average Bonchev–Trinajstić information content (AvgIpc) is 2.90. The molecule has 6 heteroatoms. The van der Waals surface area contributed by atoms with Crippen molar-refractivity contribution < 1.29 is 13.9 Å². The molecule has 2 heterocycles. The van der Waals surface area contributed by atoms with Crippen molar-refractivity contribution in [1.82, 2.24) is 9.97 Å². The van der Waals surface area contributed by atoms with Gasteiger partial charge in [0.05, 0.1) is 7.11 Å². The Hall–Kier alpha value is -2.21. The first-order valence-electron chi connectivity index (χ1n) is 6.11. The molecule has 4 nitrogen and oxygen atoms in total. The number of ether oxygens (including phenoxy) is 1. The number of H-pyrrole nitrogens is 1. The Morgan fingerprint density at radius 3 is 2.95 bits per heavy atom. The Morgan fingerprint density at radius 2 is 2.19 bits per heavy atom. The number of methoxy groups -OCH3 is 1. The summed E-state index contributed by atoms with van der Waals surface area (Å²) >= 11 is 3.33. The van der Waals surface area contributed by atoms with Gasteiger partial charge in [0, 0.05) is 33.4 Å². The number of aromatic nitrogens is 2. The van der Waals surface area contributed by atoms with E-state index < -0.39 is 5.82 Å². The van der Waals surface area contributed by atoms with Gasteiger partial charge >= 0.3 is 0 Å². The normalized spacial score (nSPS) is 10.8. The van der Waals surface area contributed by atoms with Gasteiger partial charge < -0.3 is 9.72 Å². The number of ketones is 1. The molecule has 0 amide bonds. The van der Waals surface area contributed by atoms with Gasteiger partial charge in [0.2, 0.25) is 0 Å². The molecule has 0 atom stereocenters. The Bertz CT molecular complexity index is 845. The number of carbonyl (C=O) groups excluding carboxylic acids is 1. The van der Waals surface area contributed by atoms with E-state index >= 15 is 0 Å². The Kier molecular flexibility index (Phi) is 3.47. The first-order chi connectivity index (χ1) is 10.1. The van der Waals surface area contributed by atoms with Crippen LogP contribution < -0.4 is 4.74 Å². The zero-order chi connectivity index (χ0) is 15.0. The lowest BCUT2D eigenvalue weighted by Crippen LogP contribution is -2.02. The monoisotopic (exact) mass is 348 g/mol. The number of nitrogens with one attached hydrogen (secondary N) is 1. The van der Waals surface area contributed by atoms with Gasteiger partial charge in [0.25, 0.3) is 0 Å². The molecule has 3 aromatic rings. The van der Waals surface area contributed by atoms with Crippen LogP contribution in [0.2, 0.25) is 0 Å². The Balaban J connectivity index is 2.10. The minimum absolute atomic E-state index is 0.0417. The third-order valence-corrected chi connectivity index (χ3v) is 3.59. The number of benzene rings is 1. The summed E-state index contributed by atoms with van der Waals surface area (Å²) < 4.78 is 19.1. The SMILES string of the molecule is COc1cc(C(=O)c2c[nH]c3ncc(Br)cc23)ccc1F. The Labute approximate surface area is 128 Å². The number of nitrogens with zero attached hydrogens (tertiary/aromatic N) is 1. The lowest BCUT2D eigenvalue weighted by atomic mass is 10.0. The topological polar surface area (TPSA) is 55.0 Å². The molecule has 0 radical (unpaired) electrons. The second-order valence-electron chi connectivity index (χ2n) is 4.43. The van der Waals surface area contributed by atoms with Crippen molar-refractivity contribution in [2.24, 2.45) is 0 Å². The number of hydrogen-bond acceptors (Lipinski definition) is 3. The van der Waals surface area contributed by atoms with Crippen LogP contribution in [0.25, 0.3) is 11.0 Å². The highest BCUT2D eigenvalue weighted by Gasteiger charge is 2.17. The average molecular weight is 349 g/mol. The Morgan fingerprint density at radius 1 is 1.38 bits per heavy atom. The van der Waals surface area contributed by atoms with Crippen molar-refractivity contribution in [1.29, 1.82) is 0 Å². The van der Waals surface area contributed by atoms with Gasteiger partial charge in [-0.25, -0.2) is 9.37 Å². The molecule has 2 aromatic heterocycles. The van der Waals surface area contributed by atoms with Crippen LogP contribution in [0.5, 0.6) is 5.75 Å². The maximum absolute atomic E-state index is 13.4. The summed E-state index contributed by atoms with van der Waals surface area (Å²) in [6.07, 6.45) is 3.25. The fourth-order valence-corrected chi connectivity index (χ4v) is 2.45. The van der Waals surface area contributed by atoms with E-state index in [1.54, 1.807) is 12.4 Å². The molecule has 21 heavy (non-hydrogen) atoms. The van der Waals surface area contributed by atoms with E-state index in [0.717, 1.165) is 4.47 Å². The van der Waals surface area contributed by atoms with E-state index in [-0.39, 0.29) is 11.5 Å². The summed E-state index contributed by atoms with van der Waals surface area (Å²) in [5.41, 5.74) is 1.46. The van der Waals surface area contributed by atoms with Crippen LogP contribution >= 0.6 is 15.9 Å². The third-order valence-electron chi connectivity index (χ3n) is 3.16. The minimum Gasteiger partial charge on any atom is -0.494 e. The highest BCUT2D eigenvalue weighted by molar-refractivity contribution is 9.10. The summed E-state index contributed by atoms with van der Waals surface area (Å²) in [6.45, 7) is 0. The molecule has 0 bridgehead atoms. The molecule has 0 unspecified atom stereocenters. The number of halogens is 2. The number of aromatic amines is 1. The van der Waals surface area contributed by atoms with Crippen LogP contribution in [0.3, 0.4) is 0 Å². The molecule has 1 N–H and O–H groups in total. The number of fused-ring (bicyclic) bond motifs is 1. The van der Waals surface area contributed by atoms with Crippen LogP contribution in [-0.4, -0.2) is 22.9 Å². The van der Waals surface area contributed by atoms with Crippen LogP contribution in [0, 0.1) is 5.82 Å². The molecule has 0 saturated carbocycles. The highest BCUT2D eigenvalue weighted by Crippen LogP contribution is 2.25. The molecule has 0 aliphatic rings. The van der Waals surface area contributed by atoms with Crippen molar-refractivity contribution in [3.63, 3.8) is 0 Å². The molecular formula is C15H10BrFN2O2. The van der Waals surface area contributed by atoms with Crippen molar-refractivity contribution in [3.05, 3.63) is 58.1 Å². The summed E-state index contributed by atoms with van der Waals surface area (Å²) in [4.78, 5) is 19.7. The van der Waals surface area contributed by atoms with Gasteiger partial charge in [-0.15, -0.1) is 0 Å². The van der Waals surface area contributed by atoms with Gasteiger partial charge in [-0.3, -0.25) is 4.79 Å². The summed E-state index contributed by atoms with van der Waals surface area (Å²) in [5.74, 6) is -0.683. The third kappa shape index (κ3) is 2.42. The molecule has 0 aliphatic heterocycles. The zero-order valence-electron chi connectivity index (χ0n) is 11.0. The highest BCUT2D eigenvalue weighted by atomic mass is 79.9. The van der Waals surface area contributed by atoms with Crippen molar-refractivity contribution in [2.45, 2.75) is 0 Å².